The van der Waals surface area contributed by atoms with Crippen LogP contribution in [0.4, 0.5) is 0 Å². The Kier molecular flexibility index (Phi) is 2.38. The van der Waals surface area contributed by atoms with E-state index in [0.717, 1.165) is 12.8 Å². The summed E-state index contributed by atoms with van der Waals surface area (Å²) >= 11 is 0. The van der Waals surface area contributed by atoms with Crippen molar-refractivity contribution in [2.24, 2.45) is 0 Å². The Bertz CT molecular complexity index is 222. The van der Waals surface area contributed by atoms with Crippen LogP contribution < -0.4 is 0 Å². The molecule has 0 aromatic heterocycles. The summed E-state index contributed by atoms with van der Waals surface area (Å²) in [4.78, 5) is 11.0. The molecule has 0 bridgehead atoms. The first kappa shape index (κ1) is 8.79. The Morgan fingerprint density at radius 3 is 2.23 bits per heavy atom. The van der Waals surface area contributed by atoms with Gasteiger partial charge in [0.2, 0.25) is 0 Å². The first-order chi connectivity index (χ1) is 6.31. The average Bonchev–Trinajstić information content (AvgIpc) is 2.42. The average molecular weight is 180 g/mol. The number of hydrogen-bond acceptors (Lipinski definition) is 2. The first-order valence-corrected chi connectivity index (χ1v) is 5.23. The lowest BCUT2D eigenvalue weighted by atomic mass is 9.87. The van der Waals surface area contributed by atoms with Gasteiger partial charge in [-0.3, -0.25) is 0 Å². The van der Waals surface area contributed by atoms with Crippen molar-refractivity contribution in [1.82, 2.24) is 0 Å². The van der Waals surface area contributed by atoms with Crippen molar-refractivity contribution in [3.8, 4) is 0 Å². The van der Waals surface area contributed by atoms with E-state index in [-0.39, 0.29) is 11.6 Å². The fourth-order valence-electron chi connectivity index (χ4n) is 2.26. The summed E-state index contributed by atoms with van der Waals surface area (Å²) in [5, 5.41) is 0. The highest BCUT2D eigenvalue weighted by molar-refractivity contribution is 5.85. The van der Waals surface area contributed by atoms with E-state index >= 15 is 0 Å². The molecule has 0 N–H and O–H groups in total. The smallest absolute Gasteiger partial charge is 0.331 e. The first-order valence-electron chi connectivity index (χ1n) is 5.23. The highest BCUT2D eigenvalue weighted by Crippen LogP contribution is 2.33. The zero-order valence-corrected chi connectivity index (χ0v) is 7.92. The van der Waals surface area contributed by atoms with E-state index in [4.69, 9.17) is 4.74 Å². The second-order valence-electron chi connectivity index (χ2n) is 4.09. The Morgan fingerprint density at radius 1 is 1.08 bits per heavy atom. The van der Waals surface area contributed by atoms with Crippen LogP contribution in [-0.4, -0.2) is 11.6 Å². The lowest BCUT2D eigenvalue weighted by Gasteiger charge is -2.28. The summed E-state index contributed by atoms with van der Waals surface area (Å²) in [6.07, 6.45) is 11.9. The normalized spacial score (nSPS) is 26.9. The minimum Gasteiger partial charge on any atom is -0.452 e. The largest absolute Gasteiger partial charge is 0.452 e. The van der Waals surface area contributed by atoms with Crippen LogP contribution in [0.2, 0.25) is 0 Å². The fourth-order valence-corrected chi connectivity index (χ4v) is 2.26. The van der Waals surface area contributed by atoms with Gasteiger partial charge in [-0.15, -0.1) is 0 Å². The van der Waals surface area contributed by atoms with Crippen LogP contribution in [0.1, 0.15) is 44.9 Å². The molecule has 1 aliphatic heterocycles. The third-order valence-electron chi connectivity index (χ3n) is 3.03. The molecule has 1 heterocycles. The number of hydrogen-bond donors (Lipinski definition) is 0. The minimum absolute atomic E-state index is 0.152. The molecule has 72 valence electrons. The standard InChI is InChI=1S/C11H16O2/c12-10-6-9-11(13-10)7-4-2-1-3-5-8-11/h6,9H,1-5,7-8H2. The Morgan fingerprint density at radius 2 is 1.69 bits per heavy atom. The molecule has 0 saturated heterocycles. The predicted molar refractivity (Wildman–Crippen MR) is 50.3 cm³/mol. The molecule has 0 unspecified atom stereocenters. The summed E-state index contributed by atoms with van der Waals surface area (Å²) < 4.78 is 5.38. The molecule has 1 fully saturated rings. The summed E-state index contributed by atoms with van der Waals surface area (Å²) in [5.74, 6) is -0.152. The van der Waals surface area contributed by atoms with Crippen LogP contribution >= 0.6 is 0 Å². The number of ether oxygens (including phenoxy) is 1. The highest BCUT2D eigenvalue weighted by Gasteiger charge is 2.34. The molecule has 0 aromatic rings. The maximum atomic E-state index is 11.0. The zero-order valence-electron chi connectivity index (χ0n) is 7.92. The molecule has 1 saturated carbocycles. The van der Waals surface area contributed by atoms with Crippen molar-refractivity contribution in [2.45, 2.75) is 50.5 Å². The van der Waals surface area contributed by atoms with E-state index in [0.29, 0.717) is 0 Å². The van der Waals surface area contributed by atoms with E-state index < -0.39 is 0 Å². The van der Waals surface area contributed by atoms with Crippen LogP contribution in [-0.2, 0) is 9.53 Å². The van der Waals surface area contributed by atoms with Crippen molar-refractivity contribution in [1.29, 1.82) is 0 Å². The quantitative estimate of drug-likeness (QED) is 0.535. The van der Waals surface area contributed by atoms with E-state index in [9.17, 15) is 4.79 Å². The van der Waals surface area contributed by atoms with E-state index in [1.165, 1.54) is 32.1 Å². The van der Waals surface area contributed by atoms with Crippen LogP contribution in [0.5, 0.6) is 0 Å². The number of rotatable bonds is 0. The third-order valence-corrected chi connectivity index (χ3v) is 3.03. The zero-order chi connectivity index (χ0) is 9.15. The van der Waals surface area contributed by atoms with Crippen LogP contribution in [0.15, 0.2) is 12.2 Å². The van der Waals surface area contributed by atoms with E-state index in [1.807, 2.05) is 6.08 Å². The molecular weight excluding hydrogens is 164 g/mol. The van der Waals surface area contributed by atoms with Crippen molar-refractivity contribution in [2.75, 3.05) is 0 Å². The second kappa shape index (κ2) is 3.52. The molecule has 0 atom stereocenters. The summed E-state index contributed by atoms with van der Waals surface area (Å²) in [5.41, 5.74) is -0.211. The van der Waals surface area contributed by atoms with Gasteiger partial charge in [0.25, 0.3) is 0 Å². The molecule has 1 aliphatic carbocycles. The molecule has 13 heavy (non-hydrogen) atoms. The second-order valence-corrected chi connectivity index (χ2v) is 4.09. The monoisotopic (exact) mass is 180 g/mol. The van der Waals surface area contributed by atoms with Gasteiger partial charge in [-0.05, 0) is 31.8 Å². The van der Waals surface area contributed by atoms with Gasteiger partial charge in [-0.1, -0.05) is 19.3 Å². The summed E-state index contributed by atoms with van der Waals surface area (Å²) in [6, 6.07) is 0. The molecule has 0 aromatic carbocycles. The SMILES string of the molecule is O=C1C=CC2(CCCCCCC2)O1. The maximum Gasteiger partial charge on any atom is 0.331 e. The Labute approximate surface area is 79.0 Å². The third kappa shape index (κ3) is 1.93. The topological polar surface area (TPSA) is 26.3 Å². The molecule has 2 nitrogen and oxygen atoms in total. The maximum absolute atomic E-state index is 11.0. The molecule has 2 heteroatoms. The molecule has 2 aliphatic rings. The van der Waals surface area contributed by atoms with Crippen LogP contribution in [0.25, 0.3) is 0 Å². The molecular formula is C11H16O2. The Balaban J connectivity index is 2.02. The van der Waals surface area contributed by atoms with Crippen molar-refractivity contribution >= 4 is 5.97 Å². The number of esters is 1. The van der Waals surface area contributed by atoms with Crippen molar-refractivity contribution in [3.05, 3.63) is 12.2 Å². The number of carbonyl (C=O) groups excluding carboxylic acids is 1. The van der Waals surface area contributed by atoms with Crippen molar-refractivity contribution in [3.63, 3.8) is 0 Å². The Hall–Kier alpha value is -0.790. The van der Waals surface area contributed by atoms with Gasteiger partial charge in [-0.25, -0.2) is 4.79 Å². The fraction of sp³-hybridized carbons (Fsp3) is 0.727. The lowest BCUT2D eigenvalue weighted by Crippen LogP contribution is -2.28. The highest BCUT2D eigenvalue weighted by atomic mass is 16.6. The van der Waals surface area contributed by atoms with Crippen LogP contribution in [0.3, 0.4) is 0 Å². The number of carbonyl (C=O) groups is 1. The van der Waals surface area contributed by atoms with Gasteiger partial charge in [0.15, 0.2) is 0 Å². The minimum atomic E-state index is -0.211. The van der Waals surface area contributed by atoms with E-state index in [1.54, 1.807) is 6.08 Å². The summed E-state index contributed by atoms with van der Waals surface area (Å²) in [7, 11) is 0. The van der Waals surface area contributed by atoms with Gasteiger partial charge >= 0.3 is 5.97 Å². The summed E-state index contributed by atoms with van der Waals surface area (Å²) in [6.45, 7) is 0. The molecule has 2 rings (SSSR count). The van der Waals surface area contributed by atoms with Crippen LogP contribution in [0, 0.1) is 0 Å². The van der Waals surface area contributed by atoms with Crippen molar-refractivity contribution < 1.29 is 9.53 Å². The molecule has 0 radical (unpaired) electrons. The van der Waals surface area contributed by atoms with Gasteiger partial charge in [-0.2, -0.15) is 0 Å². The van der Waals surface area contributed by atoms with Gasteiger partial charge in [0.1, 0.15) is 5.60 Å². The van der Waals surface area contributed by atoms with Gasteiger partial charge in [0.05, 0.1) is 0 Å². The molecule has 1 spiro atoms. The lowest BCUT2D eigenvalue weighted by molar-refractivity contribution is -0.146. The molecule has 0 amide bonds. The van der Waals surface area contributed by atoms with Gasteiger partial charge in [0, 0.05) is 6.08 Å². The predicted octanol–water partition coefficient (Wildman–Crippen LogP) is 2.58. The van der Waals surface area contributed by atoms with E-state index in [2.05, 4.69) is 0 Å². The van der Waals surface area contributed by atoms with Gasteiger partial charge < -0.3 is 4.74 Å².